The molecule has 0 saturated heterocycles. The number of fused-ring (bicyclic) bond motifs is 1. The number of halogens is 2. The van der Waals surface area contributed by atoms with E-state index in [0.717, 1.165) is 41.2 Å². The molecule has 2 heterocycles. The van der Waals surface area contributed by atoms with Gasteiger partial charge in [0.25, 0.3) is 5.56 Å². The molecular formula is C35H38F2N6O8. The summed E-state index contributed by atoms with van der Waals surface area (Å²) in [4.78, 5) is 69.0. The Morgan fingerprint density at radius 1 is 1.12 bits per heavy atom. The van der Waals surface area contributed by atoms with Crippen LogP contribution in [0.2, 0.25) is 0 Å². The molecule has 0 saturated carbocycles. The zero-order valence-corrected chi connectivity index (χ0v) is 28.4. The summed E-state index contributed by atoms with van der Waals surface area (Å²) in [6, 6.07) is 7.66. The van der Waals surface area contributed by atoms with E-state index in [4.69, 9.17) is 4.74 Å². The average molecular weight is 709 g/mol. The van der Waals surface area contributed by atoms with E-state index in [9.17, 15) is 37.9 Å². The lowest BCUT2D eigenvalue weighted by Gasteiger charge is -2.17. The summed E-state index contributed by atoms with van der Waals surface area (Å²) in [5.41, 5.74) is -0.0812. The van der Waals surface area contributed by atoms with Crippen LogP contribution >= 0.6 is 0 Å². The third-order valence-electron chi connectivity index (χ3n) is 7.74. The molecule has 0 aliphatic carbocycles. The molecule has 51 heavy (non-hydrogen) atoms. The van der Waals surface area contributed by atoms with Gasteiger partial charge in [0.05, 0.1) is 19.2 Å². The number of ether oxygens (including phenoxy) is 2. The van der Waals surface area contributed by atoms with Gasteiger partial charge in [-0.25, -0.2) is 27.9 Å². The number of carbonyl (C=O) groups excluding carboxylic acids is 3. The van der Waals surface area contributed by atoms with Gasteiger partial charge in [-0.05, 0) is 67.7 Å². The minimum absolute atomic E-state index is 0.0638. The minimum Gasteiger partial charge on any atom is -0.464 e. The van der Waals surface area contributed by atoms with Crippen LogP contribution in [0.3, 0.4) is 0 Å². The number of aromatic nitrogens is 3. The fourth-order valence-corrected chi connectivity index (χ4v) is 5.07. The molecule has 0 spiro atoms. The zero-order valence-electron chi connectivity index (χ0n) is 28.4. The molecule has 1 atom stereocenters. The Hall–Kier alpha value is -6.06. The SMILES string of the molecule is CCCCc1ccc2c(nc(Cn3cccc(NC(=O)C(CCC=CC(=O)N(C)C)NC(=O)OC)c3=O)n2C(=O)O)c1Oc1ccc(F)cc1F. The van der Waals surface area contributed by atoms with Gasteiger partial charge < -0.3 is 34.7 Å². The Kier molecular flexibility index (Phi) is 12.6. The smallest absolute Gasteiger partial charge is 0.417 e. The molecule has 4 rings (SSSR count). The number of benzene rings is 2. The van der Waals surface area contributed by atoms with Gasteiger partial charge in [-0.3, -0.25) is 14.4 Å². The van der Waals surface area contributed by atoms with Crippen LogP contribution in [0.25, 0.3) is 11.0 Å². The van der Waals surface area contributed by atoms with E-state index in [2.05, 4.69) is 20.4 Å². The number of nitrogens with zero attached hydrogens (tertiary/aromatic N) is 4. The summed E-state index contributed by atoms with van der Waals surface area (Å²) in [7, 11) is 4.29. The predicted molar refractivity (Wildman–Crippen MR) is 183 cm³/mol. The summed E-state index contributed by atoms with van der Waals surface area (Å²) in [6.45, 7) is 1.61. The molecular weight excluding hydrogens is 670 g/mol. The number of allylic oxidation sites excluding steroid dienone is 1. The number of hydrogen-bond donors (Lipinski definition) is 3. The van der Waals surface area contributed by atoms with Crippen molar-refractivity contribution in [1.29, 1.82) is 0 Å². The number of alkyl carbamates (subject to hydrolysis) is 1. The number of anilines is 1. The molecule has 0 aliphatic heterocycles. The lowest BCUT2D eigenvalue weighted by Crippen LogP contribution is -2.44. The van der Waals surface area contributed by atoms with Crippen LogP contribution in [0.1, 0.15) is 44.0 Å². The van der Waals surface area contributed by atoms with Gasteiger partial charge in [0.2, 0.25) is 11.8 Å². The summed E-state index contributed by atoms with van der Waals surface area (Å²) in [6.07, 6.45) is 4.29. The van der Waals surface area contributed by atoms with Crippen molar-refractivity contribution >= 4 is 40.7 Å². The summed E-state index contributed by atoms with van der Waals surface area (Å²) < 4.78 is 40.8. The van der Waals surface area contributed by atoms with Crippen LogP contribution in [0.4, 0.5) is 24.1 Å². The van der Waals surface area contributed by atoms with Crippen molar-refractivity contribution in [1.82, 2.24) is 24.3 Å². The first-order valence-electron chi connectivity index (χ1n) is 16.0. The zero-order chi connectivity index (χ0) is 37.2. The van der Waals surface area contributed by atoms with Crippen molar-refractivity contribution in [3.8, 4) is 11.5 Å². The van der Waals surface area contributed by atoms with Gasteiger partial charge in [-0.1, -0.05) is 25.5 Å². The van der Waals surface area contributed by atoms with E-state index in [1.807, 2.05) is 6.92 Å². The highest BCUT2D eigenvalue weighted by atomic mass is 19.1. The number of imidazole rings is 1. The van der Waals surface area contributed by atoms with E-state index >= 15 is 0 Å². The predicted octanol–water partition coefficient (Wildman–Crippen LogP) is 5.27. The first kappa shape index (κ1) is 37.8. The molecule has 0 radical (unpaired) electrons. The number of unbranched alkanes of at least 4 members (excludes halogenated alkanes) is 1. The lowest BCUT2D eigenvalue weighted by molar-refractivity contribution is -0.123. The number of amides is 3. The molecule has 0 bridgehead atoms. The first-order valence-corrected chi connectivity index (χ1v) is 16.0. The second-order valence-corrected chi connectivity index (χ2v) is 11.6. The molecule has 4 aromatic rings. The molecule has 3 amide bonds. The lowest BCUT2D eigenvalue weighted by atomic mass is 10.1. The number of carbonyl (C=O) groups is 4. The number of aryl methyl sites for hydroxylation is 1. The number of rotatable bonds is 14. The number of methoxy groups -OCH3 is 1. The van der Waals surface area contributed by atoms with E-state index in [1.54, 1.807) is 26.2 Å². The quantitative estimate of drug-likeness (QED) is 0.147. The van der Waals surface area contributed by atoms with Crippen LogP contribution in [0.5, 0.6) is 11.5 Å². The average Bonchev–Trinajstić information content (AvgIpc) is 3.46. The van der Waals surface area contributed by atoms with E-state index in [1.165, 1.54) is 35.4 Å². The van der Waals surface area contributed by atoms with Crippen molar-refractivity contribution in [3.05, 3.63) is 94.2 Å². The van der Waals surface area contributed by atoms with Crippen LogP contribution in [-0.2, 0) is 27.3 Å². The van der Waals surface area contributed by atoms with Crippen LogP contribution < -0.4 is 20.9 Å². The van der Waals surface area contributed by atoms with Gasteiger partial charge in [0.1, 0.15) is 28.9 Å². The van der Waals surface area contributed by atoms with Gasteiger partial charge in [0, 0.05) is 26.4 Å². The molecule has 1 unspecified atom stereocenters. The third kappa shape index (κ3) is 9.35. The highest BCUT2D eigenvalue weighted by molar-refractivity contribution is 5.96. The second kappa shape index (κ2) is 17.0. The van der Waals surface area contributed by atoms with Crippen molar-refractivity contribution < 1.29 is 42.5 Å². The topological polar surface area (TPSA) is 174 Å². The highest BCUT2D eigenvalue weighted by Crippen LogP contribution is 2.36. The Bertz CT molecular complexity index is 2020. The van der Waals surface area contributed by atoms with Crippen LogP contribution in [-0.4, -0.2) is 75.4 Å². The molecule has 2 aromatic carbocycles. The minimum atomic E-state index is -1.41. The van der Waals surface area contributed by atoms with Crippen molar-refractivity contribution in [2.45, 2.75) is 51.6 Å². The standard InChI is InChI=1S/C35H38F2N6O8/c1-5-6-10-21-14-16-26-30(31(21)51-27-17-15-22(36)19-23(27)37)40-28(43(26)35(48)49)20-42-18-9-12-25(33(42)46)38-32(45)24(39-34(47)50-4)11-7-8-13-29(44)41(2)3/h8-9,12-19,24H,5-7,10-11,20H2,1-4H3,(H,38,45)(H,39,47)(H,48,49). The molecule has 0 aliphatic rings. The van der Waals surface area contributed by atoms with E-state index in [-0.39, 0.29) is 59.3 Å². The normalized spacial score (nSPS) is 11.7. The number of nitrogens with one attached hydrogen (secondary N) is 2. The fourth-order valence-electron chi connectivity index (χ4n) is 5.07. The number of hydrogen-bond acceptors (Lipinski definition) is 8. The molecule has 14 nitrogen and oxygen atoms in total. The third-order valence-corrected chi connectivity index (χ3v) is 7.74. The molecule has 16 heteroatoms. The van der Waals surface area contributed by atoms with E-state index in [0.29, 0.717) is 18.1 Å². The fraction of sp³-hybridized carbons (Fsp3) is 0.314. The Morgan fingerprint density at radius 2 is 1.88 bits per heavy atom. The summed E-state index contributed by atoms with van der Waals surface area (Å²) in [5, 5.41) is 15.1. The number of likely N-dealkylation sites (N-methyl/N-ethyl adjacent to an activating group) is 1. The van der Waals surface area contributed by atoms with Crippen molar-refractivity contribution in [2.24, 2.45) is 0 Å². The van der Waals surface area contributed by atoms with E-state index < -0.39 is 41.3 Å². The maximum absolute atomic E-state index is 14.7. The van der Waals surface area contributed by atoms with Gasteiger partial charge in [-0.2, -0.15) is 0 Å². The monoisotopic (exact) mass is 708 g/mol. The van der Waals surface area contributed by atoms with Gasteiger partial charge in [0.15, 0.2) is 17.3 Å². The van der Waals surface area contributed by atoms with Crippen molar-refractivity contribution in [2.75, 3.05) is 26.5 Å². The number of pyridine rings is 1. The highest BCUT2D eigenvalue weighted by Gasteiger charge is 2.25. The van der Waals surface area contributed by atoms with Crippen LogP contribution in [0.15, 0.2) is 65.6 Å². The van der Waals surface area contributed by atoms with Gasteiger partial charge in [-0.15, -0.1) is 0 Å². The molecule has 2 aromatic heterocycles. The summed E-state index contributed by atoms with van der Waals surface area (Å²) in [5.74, 6) is -3.06. The molecule has 270 valence electrons. The molecule has 0 fully saturated rings. The van der Waals surface area contributed by atoms with Gasteiger partial charge >= 0.3 is 12.2 Å². The summed E-state index contributed by atoms with van der Waals surface area (Å²) >= 11 is 0. The maximum Gasteiger partial charge on any atom is 0.417 e. The Labute approximate surface area is 291 Å². The number of carboxylic acid groups (broad SMARTS) is 1. The van der Waals surface area contributed by atoms with Crippen LogP contribution in [0, 0.1) is 11.6 Å². The Morgan fingerprint density at radius 3 is 2.55 bits per heavy atom. The molecule has 3 N–H and O–H groups in total. The van der Waals surface area contributed by atoms with Crippen molar-refractivity contribution in [3.63, 3.8) is 0 Å². The second-order valence-electron chi connectivity index (χ2n) is 11.6. The largest absolute Gasteiger partial charge is 0.464 e. The Balaban J connectivity index is 1.67. The first-order chi connectivity index (χ1) is 24.3. The maximum atomic E-state index is 14.7.